The Morgan fingerprint density at radius 2 is 1.94 bits per heavy atom. The number of rotatable bonds is 4. The van der Waals surface area contributed by atoms with Crippen LogP contribution in [0, 0.1) is 5.92 Å². The van der Waals surface area contributed by atoms with Crippen LogP contribution in [0.2, 0.25) is 0 Å². The van der Waals surface area contributed by atoms with Gasteiger partial charge in [-0.15, -0.1) is 0 Å². The molecule has 1 aliphatic rings. The van der Waals surface area contributed by atoms with Crippen molar-refractivity contribution in [1.29, 1.82) is 0 Å². The minimum absolute atomic E-state index is 0.0332. The smallest absolute Gasteiger partial charge is 0.302 e. The summed E-state index contributed by atoms with van der Waals surface area (Å²) in [6.45, 7) is 2.25. The minimum Gasteiger partial charge on any atom is -0.465 e. The van der Waals surface area contributed by atoms with E-state index < -0.39 is 29.6 Å². The van der Waals surface area contributed by atoms with E-state index in [1.165, 1.54) is 26.0 Å². The van der Waals surface area contributed by atoms with E-state index >= 15 is 0 Å². The largest absolute Gasteiger partial charge is 0.465 e. The molecule has 0 heterocycles. The molecule has 6 heteroatoms. The zero-order chi connectivity index (χ0) is 13.8. The lowest BCUT2D eigenvalue weighted by molar-refractivity contribution is -0.156. The van der Waals surface area contributed by atoms with Crippen LogP contribution in [0.1, 0.15) is 20.3 Å². The molecule has 18 heavy (non-hydrogen) atoms. The van der Waals surface area contributed by atoms with Crippen molar-refractivity contribution in [2.24, 2.45) is 5.92 Å². The summed E-state index contributed by atoms with van der Waals surface area (Å²) < 4.78 is 9.64. The van der Waals surface area contributed by atoms with Crippen LogP contribution in [0.3, 0.4) is 0 Å². The van der Waals surface area contributed by atoms with Gasteiger partial charge >= 0.3 is 11.9 Å². The summed E-state index contributed by atoms with van der Waals surface area (Å²) in [6, 6.07) is 0. The molecule has 0 fully saturated rings. The molecule has 3 atom stereocenters. The fraction of sp³-hybridized carbons (Fsp3) is 0.667. The van der Waals surface area contributed by atoms with Crippen LogP contribution in [0.4, 0.5) is 0 Å². The summed E-state index contributed by atoms with van der Waals surface area (Å²) in [5, 5.41) is 19.9. The Morgan fingerprint density at radius 3 is 2.50 bits per heavy atom. The van der Waals surface area contributed by atoms with Crippen LogP contribution in [0.15, 0.2) is 12.2 Å². The van der Waals surface area contributed by atoms with Gasteiger partial charge in [-0.1, -0.05) is 12.2 Å². The van der Waals surface area contributed by atoms with Gasteiger partial charge in [-0.3, -0.25) is 9.59 Å². The summed E-state index contributed by atoms with van der Waals surface area (Å²) >= 11 is 0. The van der Waals surface area contributed by atoms with E-state index in [0.717, 1.165) is 0 Å². The van der Waals surface area contributed by atoms with E-state index in [2.05, 4.69) is 0 Å². The molecule has 0 radical (unpaired) electrons. The summed E-state index contributed by atoms with van der Waals surface area (Å²) in [6.07, 6.45) is 2.36. The molecule has 0 bridgehead atoms. The standard InChI is InChI=1S/C12H18O6/c1-8(13)17-6-10-5-11(15)3-4-12(10,16)7-18-9(2)14/h3-4,10-11,15-16H,5-7H2,1-2H3/t10-,11-,12-/m1/s1. The Morgan fingerprint density at radius 1 is 1.33 bits per heavy atom. The van der Waals surface area contributed by atoms with Crippen molar-refractivity contribution >= 4 is 11.9 Å². The zero-order valence-corrected chi connectivity index (χ0v) is 10.5. The first-order valence-corrected chi connectivity index (χ1v) is 5.70. The fourth-order valence-corrected chi connectivity index (χ4v) is 1.80. The maximum Gasteiger partial charge on any atom is 0.302 e. The Hall–Kier alpha value is -1.40. The number of carbonyl (C=O) groups excluding carboxylic acids is 2. The lowest BCUT2D eigenvalue weighted by atomic mass is 9.80. The van der Waals surface area contributed by atoms with Crippen LogP contribution in [-0.2, 0) is 19.1 Å². The maximum atomic E-state index is 10.8. The van der Waals surface area contributed by atoms with Gasteiger partial charge in [-0.05, 0) is 6.42 Å². The molecule has 0 aromatic carbocycles. The van der Waals surface area contributed by atoms with Crippen LogP contribution in [-0.4, -0.2) is 47.1 Å². The second-order valence-corrected chi connectivity index (χ2v) is 4.43. The van der Waals surface area contributed by atoms with Crippen molar-refractivity contribution in [2.45, 2.75) is 32.0 Å². The zero-order valence-electron chi connectivity index (χ0n) is 10.5. The van der Waals surface area contributed by atoms with Crippen LogP contribution < -0.4 is 0 Å². The Bertz CT molecular complexity index is 350. The predicted molar refractivity (Wildman–Crippen MR) is 61.5 cm³/mol. The van der Waals surface area contributed by atoms with Gasteiger partial charge in [0.05, 0.1) is 12.7 Å². The van der Waals surface area contributed by atoms with E-state index in [-0.39, 0.29) is 19.6 Å². The molecular formula is C12H18O6. The number of ether oxygens (including phenoxy) is 2. The summed E-state index contributed by atoms with van der Waals surface area (Å²) in [4.78, 5) is 21.5. The van der Waals surface area contributed by atoms with Crippen molar-refractivity contribution in [3.8, 4) is 0 Å². The first-order chi connectivity index (χ1) is 8.33. The van der Waals surface area contributed by atoms with Gasteiger partial charge < -0.3 is 19.7 Å². The summed E-state index contributed by atoms with van der Waals surface area (Å²) in [5.74, 6) is -1.48. The molecule has 1 aliphatic carbocycles. The topological polar surface area (TPSA) is 93.1 Å². The third kappa shape index (κ3) is 4.12. The van der Waals surface area contributed by atoms with Crippen molar-refractivity contribution < 1.29 is 29.3 Å². The second kappa shape index (κ2) is 5.97. The lowest BCUT2D eigenvalue weighted by Crippen LogP contribution is -2.47. The third-order valence-electron chi connectivity index (χ3n) is 2.83. The number of hydrogen-bond donors (Lipinski definition) is 2. The molecule has 1 rings (SSSR count). The highest BCUT2D eigenvalue weighted by molar-refractivity contribution is 5.66. The fourth-order valence-electron chi connectivity index (χ4n) is 1.80. The molecule has 6 nitrogen and oxygen atoms in total. The van der Waals surface area contributed by atoms with Gasteiger partial charge in [0.25, 0.3) is 0 Å². The number of esters is 2. The summed E-state index contributed by atoms with van der Waals surface area (Å²) in [5.41, 5.74) is -1.42. The molecule has 0 aliphatic heterocycles. The molecule has 0 aromatic rings. The number of carbonyl (C=O) groups is 2. The van der Waals surface area contributed by atoms with Gasteiger partial charge in [0.1, 0.15) is 12.2 Å². The first-order valence-electron chi connectivity index (χ1n) is 5.70. The monoisotopic (exact) mass is 258 g/mol. The Kier molecular flexibility index (Phi) is 4.86. The SMILES string of the molecule is CC(=O)OC[C@H]1C[C@H](O)C=C[C@@]1(O)COC(C)=O. The van der Waals surface area contributed by atoms with E-state index in [9.17, 15) is 19.8 Å². The Labute approximate surface area is 105 Å². The molecule has 0 saturated heterocycles. The molecular weight excluding hydrogens is 240 g/mol. The average Bonchev–Trinajstić information content (AvgIpc) is 2.28. The second-order valence-electron chi connectivity index (χ2n) is 4.43. The highest BCUT2D eigenvalue weighted by Gasteiger charge is 2.40. The number of aliphatic hydroxyl groups excluding tert-OH is 1. The number of aliphatic hydroxyl groups is 2. The van der Waals surface area contributed by atoms with Gasteiger partial charge in [-0.2, -0.15) is 0 Å². The normalized spacial score (nSPS) is 30.9. The van der Waals surface area contributed by atoms with Gasteiger partial charge in [0, 0.05) is 19.8 Å². The van der Waals surface area contributed by atoms with E-state index in [1.54, 1.807) is 0 Å². The molecule has 0 aromatic heterocycles. The average molecular weight is 258 g/mol. The van der Waals surface area contributed by atoms with Gasteiger partial charge in [0.15, 0.2) is 0 Å². The van der Waals surface area contributed by atoms with E-state index in [0.29, 0.717) is 0 Å². The molecule has 2 N–H and O–H groups in total. The lowest BCUT2D eigenvalue weighted by Gasteiger charge is -2.36. The van der Waals surface area contributed by atoms with Gasteiger partial charge in [0.2, 0.25) is 0 Å². The molecule has 102 valence electrons. The predicted octanol–water partition coefficient (Wildman–Crippen LogP) is -0.219. The molecule has 0 spiro atoms. The van der Waals surface area contributed by atoms with Crippen LogP contribution >= 0.6 is 0 Å². The Balaban J connectivity index is 2.72. The first kappa shape index (κ1) is 14.7. The van der Waals surface area contributed by atoms with Crippen molar-refractivity contribution in [1.82, 2.24) is 0 Å². The highest BCUT2D eigenvalue weighted by atomic mass is 16.5. The van der Waals surface area contributed by atoms with E-state index in [1.807, 2.05) is 0 Å². The third-order valence-corrected chi connectivity index (χ3v) is 2.83. The highest BCUT2D eigenvalue weighted by Crippen LogP contribution is 2.30. The molecule has 0 saturated carbocycles. The van der Waals surface area contributed by atoms with Crippen molar-refractivity contribution in [3.63, 3.8) is 0 Å². The molecule has 0 unspecified atom stereocenters. The maximum absolute atomic E-state index is 10.8. The molecule has 0 amide bonds. The van der Waals surface area contributed by atoms with E-state index in [4.69, 9.17) is 9.47 Å². The van der Waals surface area contributed by atoms with Crippen LogP contribution in [0.25, 0.3) is 0 Å². The minimum atomic E-state index is -1.42. The van der Waals surface area contributed by atoms with Crippen molar-refractivity contribution in [3.05, 3.63) is 12.2 Å². The summed E-state index contributed by atoms with van der Waals surface area (Å²) in [7, 11) is 0. The quantitative estimate of drug-likeness (QED) is 0.535. The van der Waals surface area contributed by atoms with Gasteiger partial charge in [-0.25, -0.2) is 0 Å². The number of hydrogen-bond acceptors (Lipinski definition) is 6. The van der Waals surface area contributed by atoms with Crippen molar-refractivity contribution in [2.75, 3.05) is 13.2 Å². The van der Waals surface area contributed by atoms with Crippen LogP contribution in [0.5, 0.6) is 0 Å².